The first kappa shape index (κ1) is 15.2. The van der Waals surface area contributed by atoms with E-state index in [1.165, 1.54) is 25.9 Å². The largest absolute Gasteiger partial charge is 0.362 e. The van der Waals surface area contributed by atoms with Crippen LogP contribution in [0.25, 0.3) is 0 Å². The number of piperidine rings is 1. The molecule has 0 radical (unpaired) electrons. The Morgan fingerprint density at radius 1 is 1.55 bits per heavy atom. The third-order valence-corrected chi connectivity index (χ3v) is 3.84. The molecule has 2 rings (SSSR count). The van der Waals surface area contributed by atoms with E-state index in [2.05, 4.69) is 27.4 Å². The molecule has 0 amide bonds. The molecular weight excluding hydrogens is 268 g/mol. The highest BCUT2D eigenvalue weighted by Crippen LogP contribution is 2.15. The molecule has 1 aliphatic rings. The molecule has 1 saturated heterocycles. The number of thiocarbonyl (C=S) groups is 1. The fourth-order valence-electron chi connectivity index (χ4n) is 2.61. The van der Waals surface area contributed by atoms with Gasteiger partial charge >= 0.3 is 0 Å². The van der Waals surface area contributed by atoms with E-state index < -0.39 is 0 Å². The van der Waals surface area contributed by atoms with Gasteiger partial charge in [-0.05, 0) is 62.6 Å². The van der Waals surface area contributed by atoms with E-state index in [0.29, 0.717) is 5.11 Å². The minimum absolute atomic E-state index is 0.671. The van der Waals surface area contributed by atoms with E-state index in [1.807, 2.05) is 12.1 Å². The number of pyridine rings is 1. The van der Waals surface area contributed by atoms with Crippen LogP contribution in [0, 0.1) is 5.92 Å². The van der Waals surface area contributed by atoms with Gasteiger partial charge in [0.15, 0.2) is 5.11 Å². The molecular formula is C15H24N4S. The zero-order chi connectivity index (χ0) is 14.2. The Morgan fingerprint density at radius 2 is 2.45 bits per heavy atom. The predicted molar refractivity (Wildman–Crippen MR) is 87.9 cm³/mol. The summed E-state index contributed by atoms with van der Waals surface area (Å²) in [6, 6.07) is 3.85. The summed E-state index contributed by atoms with van der Waals surface area (Å²) >= 11 is 5.26. The van der Waals surface area contributed by atoms with Crippen molar-refractivity contribution in [2.24, 2.45) is 5.92 Å². The average Bonchev–Trinajstić information content (AvgIpc) is 2.45. The highest BCUT2D eigenvalue weighted by molar-refractivity contribution is 7.80. The van der Waals surface area contributed by atoms with Crippen LogP contribution in [-0.4, -0.2) is 41.2 Å². The summed E-state index contributed by atoms with van der Waals surface area (Å²) < 4.78 is 0. The summed E-state index contributed by atoms with van der Waals surface area (Å²) in [7, 11) is 0. The van der Waals surface area contributed by atoms with Gasteiger partial charge in [-0.25, -0.2) is 0 Å². The van der Waals surface area contributed by atoms with Crippen molar-refractivity contribution in [3.63, 3.8) is 0 Å². The molecule has 1 unspecified atom stereocenters. The van der Waals surface area contributed by atoms with Gasteiger partial charge in [0.05, 0.1) is 11.9 Å². The highest BCUT2D eigenvalue weighted by Gasteiger charge is 2.15. The lowest BCUT2D eigenvalue weighted by Crippen LogP contribution is -2.37. The summed E-state index contributed by atoms with van der Waals surface area (Å²) in [5, 5.41) is 7.05. The Morgan fingerprint density at radius 3 is 3.20 bits per heavy atom. The lowest BCUT2D eigenvalue weighted by atomic mass is 10.0. The maximum absolute atomic E-state index is 5.26. The van der Waals surface area contributed by atoms with Crippen LogP contribution in [-0.2, 0) is 0 Å². The lowest BCUT2D eigenvalue weighted by molar-refractivity contribution is 0.182. The molecule has 5 heteroatoms. The standard InChI is InChI=1S/C15H24N4S/c1-13-5-3-9-19(12-13)10-4-8-17-15(20)18-14-6-2-7-16-11-14/h2,6-7,11,13H,3-5,8-10,12H2,1H3,(H2,17,18,20). The van der Waals surface area contributed by atoms with Crippen LogP contribution in [0.5, 0.6) is 0 Å². The minimum Gasteiger partial charge on any atom is -0.362 e. The van der Waals surface area contributed by atoms with Crippen LogP contribution < -0.4 is 10.6 Å². The van der Waals surface area contributed by atoms with Crippen molar-refractivity contribution >= 4 is 23.0 Å². The van der Waals surface area contributed by atoms with E-state index >= 15 is 0 Å². The second kappa shape index (κ2) is 8.17. The first-order valence-electron chi connectivity index (χ1n) is 7.41. The molecule has 4 nitrogen and oxygen atoms in total. The van der Waals surface area contributed by atoms with Crippen molar-refractivity contribution in [3.05, 3.63) is 24.5 Å². The monoisotopic (exact) mass is 292 g/mol. The van der Waals surface area contributed by atoms with E-state index in [0.717, 1.165) is 31.1 Å². The topological polar surface area (TPSA) is 40.2 Å². The maximum atomic E-state index is 5.26. The van der Waals surface area contributed by atoms with Gasteiger partial charge in [-0.1, -0.05) is 6.92 Å². The Balaban J connectivity index is 1.57. The molecule has 0 saturated carbocycles. The molecule has 2 heterocycles. The van der Waals surface area contributed by atoms with Crippen LogP contribution >= 0.6 is 12.2 Å². The van der Waals surface area contributed by atoms with Gasteiger partial charge < -0.3 is 15.5 Å². The summed E-state index contributed by atoms with van der Waals surface area (Å²) in [4.78, 5) is 6.61. The third kappa shape index (κ3) is 5.43. The second-order valence-electron chi connectivity index (χ2n) is 5.52. The first-order valence-corrected chi connectivity index (χ1v) is 7.82. The molecule has 110 valence electrons. The number of aromatic nitrogens is 1. The smallest absolute Gasteiger partial charge is 0.170 e. The van der Waals surface area contributed by atoms with Gasteiger partial charge in [0, 0.05) is 19.3 Å². The summed E-state index contributed by atoms with van der Waals surface area (Å²) in [5.74, 6) is 0.852. The predicted octanol–water partition coefficient (Wildman–Crippen LogP) is 2.49. The van der Waals surface area contributed by atoms with Gasteiger partial charge in [-0.2, -0.15) is 0 Å². The molecule has 1 aliphatic heterocycles. The fraction of sp³-hybridized carbons (Fsp3) is 0.600. The zero-order valence-electron chi connectivity index (χ0n) is 12.1. The molecule has 0 aromatic carbocycles. The Kier molecular flexibility index (Phi) is 6.21. The Labute approximate surface area is 127 Å². The van der Waals surface area contributed by atoms with Crippen molar-refractivity contribution in [1.29, 1.82) is 0 Å². The number of hydrogen-bond acceptors (Lipinski definition) is 3. The third-order valence-electron chi connectivity index (χ3n) is 3.60. The molecule has 0 bridgehead atoms. The second-order valence-corrected chi connectivity index (χ2v) is 5.93. The molecule has 0 spiro atoms. The van der Waals surface area contributed by atoms with Crippen LogP contribution in [0.1, 0.15) is 26.2 Å². The fourth-order valence-corrected chi connectivity index (χ4v) is 2.83. The summed E-state index contributed by atoms with van der Waals surface area (Å²) in [6.45, 7) is 6.92. The molecule has 1 aromatic rings. The van der Waals surface area contributed by atoms with Gasteiger partial charge in [0.25, 0.3) is 0 Å². The highest BCUT2D eigenvalue weighted by atomic mass is 32.1. The normalized spacial score (nSPS) is 19.6. The number of likely N-dealkylation sites (tertiary alicyclic amines) is 1. The number of nitrogens with zero attached hydrogens (tertiary/aromatic N) is 2. The van der Waals surface area contributed by atoms with Crippen molar-refractivity contribution in [2.45, 2.75) is 26.2 Å². The van der Waals surface area contributed by atoms with Gasteiger partial charge in [0.1, 0.15) is 0 Å². The van der Waals surface area contributed by atoms with E-state index in [9.17, 15) is 0 Å². The lowest BCUT2D eigenvalue weighted by Gasteiger charge is -2.30. The molecule has 20 heavy (non-hydrogen) atoms. The van der Waals surface area contributed by atoms with Gasteiger partial charge in [-0.3, -0.25) is 4.98 Å². The van der Waals surface area contributed by atoms with Gasteiger partial charge in [0.2, 0.25) is 0 Å². The van der Waals surface area contributed by atoms with Gasteiger partial charge in [-0.15, -0.1) is 0 Å². The number of anilines is 1. The van der Waals surface area contributed by atoms with E-state index in [4.69, 9.17) is 12.2 Å². The maximum Gasteiger partial charge on any atom is 0.170 e. The van der Waals surface area contributed by atoms with Crippen LogP contribution in [0.3, 0.4) is 0 Å². The number of rotatable bonds is 5. The van der Waals surface area contributed by atoms with E-state index in [-0.39, 0.29) is 0 Å². The molecule has 0 aliphatic carbocycles. The molecule has 2 N–H and O–H groups in total. The van der Waals surface area contributed by atoms with Crippen molar-refractivity contribution in [1.82, 2.24) is 15.2 Å². The number of nitrogens with one attached hydrogen (secondary N) is 2. The zero-order valence-corrected chi connectivity index (χ0v) is 13.0. The summed E-state index contributed by atoms with van der Waals surface area (Å²) in [5.41, 5.74) is 0.926. The molecule has 1 aromatic heterocycles. The SMILES string of the molecule is CC1CCCN(CCCNC(=S)Nc2cccnc2)C1. The van der Waals surface area contributed by atoms with E-state index in [1.54, 1.807) is 12.4 Å². The first-order chi connectivity index (χ1) is 9.74. The number of hydrogen-bond donors (Lipinski definition) is 2. The summed E-state index contributed by atoms with van der Waals surface area (Å²) in [6.07, 6.45) is 7.37. The minimum atomic E-state index is 0.671. The average molecular weight is 292 g/mol. The Hall–Kier alpha value is -1.20. The van der Waals surface area contributed by atoms with Crippen molar-refractivity contribution in [2.75, 3.05) is 31.5 Å². The van der Waals surface area contributed by atoms with Crippen molar-refractivity contribution in [3.8, 4) is 0 Å². The van der Waals surface area contributed by atoms with Crippen LogP contribution in [0.15, 0.2) is 24.5 Å². The molecule has 1 atom stereocenters. The molecule has 1 fully saturated rings. The van der Waals surface area contributed by atoms with Crippen molar-refractivity contribution < 1.29 is 0 Å². The Bertz CT molecular complexity index is 410. The van der Waals surface area contributed by atoms with Crippen LogP contribution in [0.4, 0.5) is 5.69 Å². The quantitative estimate of drug-likeness (QED) is 0.644. The van der Waals surface area contributed by atoms with Crippen LogP contribution in [0.2, 0.25) is 0 Å².